The summed E-state index contributed by atoms with van der Waals surface area (Å²) in [5.74, 6) is 0.415. The maximum Gasteiger partial charge on any atom is 0.350 e. The summed E-state index contributed by atoms with van der Waals surface area (Å²) >= 11 is 0. The summed E-state index contributed by atoms with van der Waals surface area (Å²) in [6.45, 7) is 4.25. The Bertz CT molecular complexity index is 1100. The van der Waals surface area contributed by atoms with Crippen LogP contribution in [0.3, 0.4) is 0 Å². The topological polar surface area (TPSA) is 57.1 Å². The van der Waals surface area contributed by atoms with Crippen molar-refractivity contribution in [2.45, 2.75) is 33.0 Å². The quantitative estimate of drug-likeness (QED) is 0.594. The molecule has 1 aliphatic heterocycles. The summed E-state index contributed by atoms with van der Waals surface area (Å²) in [4.78, 5) is 17.8. The number of hydrogen-bond donors (Lipinski definition) is 0. The van der Waals surface area contributed by atoms with Crippen LogP contribution in [-0.4, -0.2) is 24.9 Å². The highest BCUT2D eigenvalue weighted by atomic mass is 16.7. The van der Waals surface area contributed by atoms with Crippen molar-refractivity contribution in [3.8, 4) is 5.75 Å². The van der Waals surface area contributed by atoms with Crippen molar-refractivity contribution in [1.82, 2.24) is 0 Å². The van der Waals surface area contributed by atoms with Crippen molar-refractivity contribution in [2.75, 3.05) is 7.11 Å². The van der Waals surface area contributed by atoms with Gasteiger partial charge in [-0.3, -0.25) is 0 Å². The monoisotopic (exact) mass is 389 g/mol. The smallest absolute Gasteiger partial charge is 0.350 e. The molecule has 1 unspecified atom stereocenters. The molecule has 0 radical (unpaired) electrons. The third-order valence-electron chi connectivity index (χ3n) is 5.13. The molecule has 0 aromatic heterocycles. The minimum atomic E-state index is -0.699. The number of hydrogen-bond acceptors (Lipinski definition) is 5. The Hall–Kier alpha value is -3.34. The number of fused-ring (bicyclic) bond motifs is 1. The predicted molar refractivity (Wildman–Crippen MR) is 112 cm³/mol. The number of rotatable bonds is 5. The highest BCUT2D eigenvalue weighted by Gasteiger charge is 2.30. The first kappa shape index (κ1) is 19.0. The molecule has 3 aromatic carbocycles. The molecule has 148 valence electrons. The molecule has 29 heavy (non-hydrogen) atoms. The van der Waals surface area contributed by atoms with E-state index in [1.807, 2.05) is 56.3 Å². The zero-order valence-electron chi connectivity index (χ0n) is 16.8. The average molecular weight is 389 g/mol. The number of ether oxygens (including phenoxy) is 2. The fraction of sp³-hybridized carbons (Fsp3) is 0.250. The molecule has 5 nitrogen and oxygen atoms in total. The van der Waals surface area contributed by atoms with E-state index in [9.17, 15) is 4.79 Å². The van der Waals surface area contributed by atoms with Gasteiger partial charge in [0.25, 0.3) is 0 Å². The number of carbonyl (C=O) groups excluding carboxylic acids is 1. The van der Waals surface area contributed by atoms with Gasteiger partial charge in [-0.2, -0.15) is 0 Å². The van der Waals surface area contributed by atoms with E-state index in [1.165, 1.54) is 0 Å². The van der Waals surface area contributed by atoms with Crippen LogP contribution in [0.25, 0.3) is 10.8 Å². The molecule has 3 aromatic rings. The Balaban J connectivity index is 1.38. The minimum Gasteiger partial charge on any atom is -0.497 e. The van der Waals surface area contributed by atoms with Crippen LogP contribution in [-0.2, 0) is 21.0 Å². The van der Waals surface area contributed by atoms with Gasteiger partial charge in [-0.05, 0) is 60.0 Å². The van der Waals surface area contributed by atoms with Gasteiger partial charge < -0.3 is 14.3 Å². The van der Waals surface area contributed by atoms with Crippen LogP contribution in [0.15, 0.2) is 59.8 Å². The summed E-state index contributed by atoms with van der Waals surface area (Å²) in [5, 5.41) is 6.27. The van der Waals surface area contributed by atoms with Gasteiger partial charge in [-0.25, -0.2) is 4.79 Å². The molecule has 1 atom stereocenters. The van der Waals surface area contributed by atoms with Gasteiger partial charge in [0.1, 0.15) is 12.4 Å². The predicted octanol–water partition coefficient (Wildman–Crippen LogP) is 4.70. The Morgan fingerprint density at radius 1 is 1.07 bits per heavy atom. The van der Waals surface area contributed by atoms with Crippen LogP contribution < -0.4 is 4.74 Å². The minimum absolute atomic E-state index is 0.194. The van der Waals surface area contributed by atoms with E-state index < -0.39 is 12.1 Å². The largest absolute Gasteiger partial charge is 0.497 e. The summed E-state index contributed by atoms with van der Waals surface area (Å²) in [7, 11) is 1.65. The first-order chi connectivity index (χ1) is 14.0. The third kappa shape index (κ3) is 4.09. The SMILES string of the molecule is COc1ccc2cc(COC(=O)C3CC(c4cc(C)ccc4C)=NO3)ccc2c1. The van der Waals surface area contributed by atoms with E-state index in [0.717, 1.165) is 44.5 Å². The number of carbonyl (C=O) groups is 1. The average Bonchev–Trinajstić information content (AvgIpc) is 3.23. The van der Waals surface area contributed by atoms with Crippen LogP contribution in [0.4, 0.5) is 0 Å². The molecule has 0 spiro atoms. The number of esters is 1. The maximum atomic E-state index is 12.5. The standard InChI is InChI=1S/C24H23NO4/c1-15-4-5-16(2)21(10-15)22-13-23(29-25-22)24(26)28-14-17-6-7-19-12-20(27-3)9-8-18(19)11-17/h4-12,23H,13-14H2,1-3H3. The molecule has 1 aliphatic rings. The fourth-order valence-electron chi connectivity index (χ4n) is 3.45. The molecule has 0 N–H and O–H groups in total. The fourth-order valence-corrected chi connectivity index (χ4v) is 3.45. The van der Waals surface area contributed by atoms with Crippen molar-refractivity contribution >= 4 is 22.5 Å². The van der Waals surface area contributed by atoms with Crippen LogP contribution in [0.2, 0.25) is 0 Å². The maximum absolute atomic E-state index is 12.5. The van der Waals surface area contributed by atoms with E-state index in [2.05, 4.69) is 17.3 Å². The number of benzene rings is 3. The van der Waals surface area contributed by atoms with Gasteiger partial charge in [0, 0.05) is 12.0 Å². The Morgan fingerprint density at radius 2 is 1.86 bits per heavy atom. The second kappa shape index (κ2) is 7.95. The van der Waals surface area contributed by atoms with E-state index >= 15 is 0 Å². The molecule has 0 amide bonds. The van der Waals surface area contributed by atoms with Crippen molar-refractivity contribution in [3.05, 3.63) is 76.9 Å². The Kier molecular flexibility index (Phi) is 5.21. The lowest BCUT2D eigenvalue weighted by atomic mass is 9.98. The summed E-state index contributed by atoms with van der Waals surface area (Å²) < 4.78 is 10.7. The molecule has 0 fully saturated rings. The molecular formula is C24H23NO4. The Labute approximate surface area is 169 Å². The second-order valence-electron chi connectivity index (χ2n) is 7.31. The van der Waals surface area contributed by atoms with Crippen molar-refractivity contribution < 1.29 is 19.1 Å². The molecule has 1 heterocycles. The lowest BCUT2D eigenvalue weighted by Gasteiger charge is -2.10. The van der Waals surface area contributed by atoms with Crippen LogP contribution >= 0.6 is 0 Å². The van der Waals surface area contributed by atoms with Gasteiger partial charge in [0.05, 0.1) is 12.8 Å². The van der Waals surface area contributed by atoms with E-state index in [1.54, 1.807) is 7.11 Å². The highest BCUT2D eigenvalue weighted by molar-refractivity contribution is 6.04. The zero-order valence-corrected chi connectivity index (χ0v) is 16.8. The highest BCUT2D eigenvalue weighted by Crippen LogP contribution is 2.24. The van der Waals surface area contributed by atoms with E-state index in [-0.39, 0.29) is 6.61 Å². The van der Waals surface area contributed by atoms with Gasteiger partial charge in [0.15, 0.2) is 0 Å². The normalized spacial score (nSPS) is 15.7. The van der Waals surface area contributed by atoms with Crippen LogP contribution in [0, 0.1) is 13.8 Å². The number of methoxy groups -OCH3 is 1. The molecule has 0 saturated carbocycles. The molecule has 0 bridgehead atoms. The van der Waals surface area contributed by atoms with E-state index in [4.69, 9.17) is 14.3 Å². The summed E-state index contributed by atoms with van der Waals surface area (Å²) in [5.41, 5.74) is 4.98. The molecule has 4 rings (SSSR count). The van der Waals surface area contributed by atoms with Gasteiger partial charge in [-0.1, -0.05) is 41.1 Å². The first-order valence-corrected chi connectivity index (χ1v) is 9.57. The second-order valence-corrected chi connectivity index (χ2v) is 7.31. The van der Waals surface area contributed by atoms with Crippen molar-refractivity contribution in [3.63, 3.8) is 0 Å². The third-order valence-corrected chi connectivity index (χ3v) is 5.13. The lowest BCUT2D eigenvalue weighted by molar-refractivity contribution is -0.156. The van der Waals surface area contributed by atoms with Gasteiger partial charge in [-0.15, -0.1) is 0 Å². The van der Waals surface area contributed by atoms with Gasteiger partial charge in [0.2, 0.25) is 6.10 Å². The van der Waals surface area contributed by atoms with Crippen molar-refractivity contribution in [2.24, 2.45) is 5.16 Å². The lowest BCUT2D eigenvalue weighted by Crippen LogP contribution is -2.23. The van der Waals surface area contributed by atoms with Crippen molar-refractivity contribution in [1.29, 1.82) is 0 Å². The van der Waals surface area contributed by atoms with Crippen LogP contribution in [0.5, 0.6) is 5.75 Å². The van der Waals surface area contributed by atoms with Gasteiger partial charge >= 0.3 is 5.97 Å². The Morgan fingerprint density at radius 3 is 2.69 bits per heavy atom. The molecule has 0 aliphatic carbocycles. The summed E-state index contributed by atoms with van der Waals surface area (Å²) in [6.07, 6.45) is -0.282. The van der Waals surface area contributed by atoms with Crippen LogP contribution in [0.1, 0.15) is 28.7 Å². The summed E-state index contributed by atoms with van der Waals surface area (Å²) in [6, 6.07) is 18.0. The number of oxime groups is 1. The molecule has 5 heteroatoms. The molecule has 0 saturated heterocycles. The number of aryl methyl sites for hydroxylation is 2. The first-order valence-electron chi connectivity index (χ1n) is 9.57. The molecular weight excluding hydrogens is 366 g/mol. The number of nitrogens with zero attached hydrogens (tertiary/aromatic N) is 1. The van der Waals surface area contributed by atoms with E-state index in [0.29, 0.717) is 6.42 Å². The zero-order chi connectivity index (χ0) is 20.4.